The molecule has 0 N–H and O–H groups in total. The Labute approximate surface area is 400 Å². The minimum absolute atomic E-state index is 0.108. The van der Waals surface area contributed by atoms with Crippen LogP contribution in [0.3, 0.4) is 0 Å². The fourth-order valence-electron chi connectivity index (χ4n) is 7.16. The lowest BCUT2D eigenvalue weighted by molar-refractivity contribution is -0.167. The number of esters is 3. The number of unbranched alkanes of at least 4 members (excludes halogenated alkanes) is 25. The summed E-state index contributed by atoms with van der Waals surface area (Å²) < 4.78 is 16.7. The zero-order chi connectivity index (χ0) is 47.2. The van der Waals surface area contributed by atoms with Crippen molar-refractivity contribution in [1.29, 1.82) is 0 Å². The van der Waals surface area contributed by atoms with Crippen LogP contribution in [0, 0.1) is 0 Å². The molecule has 0 fully saturated rings. The summed E-state index contributed by atoms with van der Waals surface area (Å²) >= 11 is 0. The molecule has 0 aliphatic carbocycles. The summed E-state index contributed by atoms with van der Waals surface area (Å²) in [6, 6.07) is 0. The molecule has 1 unspecified atom stereocenters. The van der Waals surface area contributed by atoms with Crippen LogP contribution in [0.15, 0.2) is 97.2 Å². The maximum atomic E-state index is 12.8. The van der Waals surface area contributed by atoms with Crippen molar-refractivity contribution in [2.45, 2.75) is 245 Å². The third-order valence-corrected chi connectivity index (χ3v) is 11.2. The molecule has 0 aliphatic rings. The molecular formula is C59H98O6. The summed E-state index contributed by atoms with van der Waals surface area (Å²) in [6.07, 6.45) is 69.7. The first-order chi connectivity index (χ1) is 32.0. The maximum Gasteiger partial charge on any atom is 0.306 e. The Hall–Kier alpha value is -3.67. The second-order valence-corrected chi connectivity index (χ2v) is 17.5. The summed E-state index contributed by atoms with van der Waals surface area (Å²) in [7, 11) is 0. The van der Waals surface area contributed by atoms with Gasteiger partial charge in [-0.25, -0.2) is 0 Å². The zero-order valence-corrected chi connectivity index (χ0v) is 42.2. The van der Waals surface area contributed by atoms with Crippen LogP contribution in [0.4, 0.5) is 0 Å². The molecule has 0 aromatic carbocycles. The minimum Gasteiger partial charge on any atom is -0.462 e. The van der Waals surface area contributed by atoms with E-state index in [9.17, 15) is 14.4 Å². The maximum absolute atomic E-state index is 12.8. The SMILES string of the molecule is CC/C=C/C=C/C=C/C=C/C=C/CCCC(=O)OCC(COC(=O)CCCCCCCCC/C=C/CCCCCCCCCC)OC(=O)CCCCCCCC/C=C/C=C/CCCCC. The Morgan fingerprint density at radius 2 is 0.631 bits per heavy atom. The van der Waals surface area contributed by atoms with Crippen LogP contribution in [0.25, 0.3) is 0 Å². The monoisotopic (exact) mass is 903 g/mol. The summed E-state index contributed by atoms with van der Waals surface area (Å²) in [5.41, 5.74) is 0. The Bertz CT molecular complexity index is 1310. The largest absolute Gasteiger partial charge is 0.462 e. The van der Waals surface area contributed by atoms with Gasteiger partial charge >= 0.3 is 17.9 Å². The molecule has 0 saturated carbocycles. The smallest absolute Gasteiger partial charge is 0.306 e. The van der Waals surface area contributed by atoms with Crippen LogP contribution in [0.2, 0.25) is 0 Å². The van der Waals surface area contributed by atoms with E-state index in [1.54, 1.807) is 0 Å². The van der Waals surface area contributed by atoms with Crippen molar-refractivity contribution >= 4 is 17.9 Å². The highest BCUT2D eigenvalue weighted by molar-refractivity contribution is 5.71. The third-order valence-electron chi connectivity index (χ3n) is 11.2. The predicted octanol–water partition coefficient (Wildman–Crippen LogP) is 17.8. The molecule has 6 heteroatoms. The van der Waals surface area contributed by atoms with Crippen LogP contribution in [-0.2, 0) is 28.6 Å². The molecule has 65 heavy (non-hydrogen) atoms. The number of hydrogen-bond acceptors (Lipinski definition) is 6. The molecule has 0 aromatic heterocycles. The topological polar surface area (TPSA) is 78.9 Å². The molecule has 0 saturated heterocycles. The van der Waals surface area contributed by atoms with E-state index in [0.717, 1.165) is 64.2 Å². The third kappa shape index (κ3) is 51.2. The number of hydrogen-bond donors (Lipinski definition) is 0. The second kappa shape index (κ2) is 52.9. The molecule has 0 radical (unpaired) electrons. The molecule has 1 atom stereocenters. The lowest BCUT2D eigenvalue weighted by Gasteiger charge is -2.18. The molecule has 0 rings (SSSR count). The first-order valence-electron chi connectivity index (χ1n) is 26.8. The first kappa shape index (κ1) is 61.3. The van der Waals surface area contributed by atoms with E-state index in [-0.39, 0.29) is 37.5 Å². The summed E-state index contributed by atoms with van der Waals surface area (Å²) in [5, 5.41) is 0. The summed E-state index contributed by atoms with van der Waals surface area (Å²) in [5.74, 6) is -1.00. The predicted molar refractivity (Wildman–Crippen MR) is 279 cm³/mol. The van der Waals surface area contributed by atoms with Crippen LogP contribution in [0.1, 0.15) is 239 Å². The number of allylic oxidation sites excluding steroid dienone is 16. The summed E-state index contributed by atoms with van der Waals surface area (Å²) in [6.45, 7) is 6.39. The van der Waals surface area contributed by atoms with Gasteiger partial charge in [0.15, 0.2) is 6.10 Å². The van der Waals surface area contributed by atoms with E-state index in [1.165, 1.54) is 128 Å². The lowest BCUT2D eigenvalue weighted by Crippen LogP contribution is -2.30. The van der Waals surface area contributed by atoms with E-state index in [2.05, 4.69) is 63.3 Å². The Morgan fingerprint density at radius 1 is 0.323 bits per heavy atom. The van der Waals surface area contributed by atoms with Gasteiger partial charge in [0.2, 0.25) is 0 Å². The van der Waals surface area contributed by atoms with Gasteiger partial charge in [-0.2, -0.15) is 0 Å². The van der Waals surface area contributed by atoms with Gasteiger partial charge in [0, 0.05) is 19.3 Å². The van der Waals surface area contributed by atoms with Gasteiger partial charge in [0.25, 0.3) is 0 Å². The molecular weight excluding hydrogens is 805 g/mol. The number of rotatable bonds is 47. The van der Waals surface area contributed by atoms with Crippen LogP contribution in [-0.4, -0.2) is 37.2 Å². The van der Waals surface area contributed by atoms with Crippen LogP contribution >= 0.6 is 0 Å². The fourth-order valence-corrected chi connectivity index (χ4v) is 7.16. The molecule has 0 aromatic rings. The van der Waals surface area contributed by atoms with Gasteiger partial charge in [-0.15, -0.1) is 0 Å². The molecule has 6 nitrogen and oxygen atoms in total. The molecule has 370 valence electrons. The van der Waals surface area contributed by atoms with Crippen molar-refractivity contribution < 1.29 is 28.6 Å². The van der Waals surface area contributed by atoms with Gasteiger partial charge in [0.05, 0.1) is 0 Å². The molecule has 0 heterocycles. The van der Waals surface area contributed by atoms with Gasteiger partial charge < -0.3 is 14.2 Å². The number of carbonyl (C=O) groups is 3. The lowest BCUT2D eigenvalue weighted by atomic mass is 10.1. The van der Waals surface area contributed by atoms with Gasteiger partial charge in [0.1, 0.15) is 13.2 Å². The molecule has 0 amide bonds. The fraction of sp³-hybridized carbons (Fsp3) is 0.678. The minimum atomic E-state index is -0.815. The molecule has 0 bridgehead atoms. The van der Waals surface area contributed by atoms with E-state index >= 15 is 0 Å². The van der Waals surface area contributed by atoms with E-state index in [1.807, 2.05) is 54.7 Å². The van der Waals surface area contributed by atoms with Gasteiger partial charge in [-0.3, -0.25) is 14.4 Å². The second-order valence-electron chi connectivity index (χ2n) is 17.5. The normalized spacial score (nSPS) is 12.8. The molecule has 0 aliphatic heterocycles. The summed E-state index contributed by atoms with van der Waals surface area (Å²) in [4.78, 5) is 38.0. The van der Waals surface area contributed by atoms with Crippen LogP contribution in [0.5, 0.6) is 0 Å². The quantitative estimate of drug-likeness (QED) is 0.0199. The standard InChI is InChI=1S/C59H98O6/c1-4-7-10-13-16-19-22-25-27-28-29-30-32-34-37-40-43-46-49-52-58(61)64-55-56(54-63-57(60)51-48-45-42-39-36-33-24-21-18-15-12-9-6-3)65-59(62)53-50-47-44-41-38-35-31-26-23-20-17-14-11-8-5-2/h9,12,15,17-18,20-21,23-24,26,28-29,33,36,39,42,56H,4-8,10-11,13-14,16,19,22,25,27,30-32,34-35,37-38,40-41,43-55H2,1-3H3/b12-9+,18-15+,20-17+,24-21+,26-23+,29-28+,36-33+,42-39+. The van der Waals surface area contributed by atoms with Gasteiger partial charge in [-0.1, -0.05) is 234 Å². The van der Waals surface area contributed by atoms with E-state index in [0.29, 0.717) is 19.3 Å². The van der Waals surface area contributed by atoms with Crippen molar-refractivity contribution in [3.8, 4) is 0 Å². The van der Waals surface area contributed by atoms with Crippen molar-refractivity contribution in [1.82, 2.24) is 0 Å². The van der Waals surface area contributed by atoms with Crippen molar-refractivity contribution in [3.63, 3.8) is 0 Å². The van der Waals surface area contributed by atoms with Crippen LogP contribution < -0.4 is 0 Å². The Morgan fingerprint density at radius 3 is 1.09 bits per heavy atom. The first-order valence-corrected chi connectivity index (χ1v) is 26.8. The van der Waals surface area contributed by atoms with Crippen molar-refractivity contribution in [2.75, 3.05) is 13.2 Å². The zero-order valence-electron chi connectivity index (χ0n) is 42.2. The van der Waals surface area contributed by atoms with Gasteiger partial charge in [-0.05, 0) is 83.5 Å². The molecule has 0 spiro atoms. The number of ether oxygens (including phenoxy) is 3. The highest BCUT2D eigenvalue weighted by atomic mass is 16.6. The van der Waals surface area contributed by atoms with E-state index < -0.39 is 6.10 Å². The van der Waals surface area contributed by atoms with Crippen molar-refractivity contribution in [3.05, 3.63) is 97.2 Å². The van der Waals surface area contributed by atoms with E-state index in [4.69, 9.17) is 14.2 Å². The highest BCUT2D eigenvalue weighted by Gasteiger charge is 2.19. The van der Waals surface area contributed by atoms with Crippen molar-refractivity contribution in [2.24, 2.45) is 0 Å². The Balaban J connectivity index is 4.46. The number of carbonyl (C=O) groups excluding carboxylic acids is 3. The Kier molecular flexibility index (Phi) is 50.0. The average molecular weight is 903 g/mol. The highest BCUT2D eigenvalue weighted by Crippen LogP contribution is 2.14. The average Bonchev–Trinajstić information content (AvgIpc) is 3.30.